The number of hydrogen-bond donors (Lipinski definition) is 2. The fourth-order valence-electron chi connectivity index (χ4n) is 1.74. The minimum absolute atomic E-state index is 0.254. The van der Waals surface area contributed by atoms with E-state index in [-0.39, 0.29) is 5.75 Å². The lowest BCUT2D eigenvalue weighted by Crippen LogP contribution is -2.08. The number of nitrogens with zero attached hydrogens (tertiary/aromatic N) is 1. The van der Waals surface area contributed by atoms with Gasteiger partial charge in [0.2, 0.25) is 0 Å². The van der Waals surface area contributed by atoms with E-state index in [0.29, 0.717) is 4.99 Å². The quantitative estimate of drug-likeness (QED) is 0.761. The largest absolute Gasteiger partial charge is 0.508 e. The van der Waals surface area contributed by atoms with Crippen molar-refractivity contribution in [1.82, 2.24) is 4.57 Å². The molecule has 0 aliphatic rings. The van der Waals surface area contributed by atoms with E-state index >= 15 is 0 Å². The Kier molecular flexibility index (Phi) is 2.36. The van der Waals surface area contributed by atoms with Crippen LogP contribution in [0.3, 0.4) is 0 Å². The number of hydrogen-bond acceptors (Lipinski definition) is 2. The number of aromatic hydroxyl groups is 1. The molecule has 0 saturated carbocycles. The first-order valence-corrected chi connectivity index (χ1v) is 5.16. The summed E-state index contributed by atoms with van der Waals surface area (Å²) in [6, 6.07) is 5.20. The summed E-state index contributed by atoms with van der Waals surface area (Å²) in [6.07, 6.45) is 1.92. The summed E-state index contributed by atoms with van der Waals surface area (Å²) >= 11 is 4.99. The number of aromatic nitrogens is 1. The summed E-state index contributed by atoms with van der Waals surface area (Å²) in [5.74, 6) is 0.254. The van der Waals surface area contributed by atoms with Crippen LogP contribution in [0.4, 0.5) is 0 Å². The monoisotopic (exact) mass is 220 g/mol. The summed E-state index contributed by atoms with van der Waals surface area (Å²) in [5, 5.41) is 10.4. The van der Waals surface area contributed by atoms with Crippen molar-refractivity contribution in [3.05, 3.63) is 30.0 Å². The SMILES string of the molecule is CCn1cc(C(N)=S)c2ccc(O)cc21. The van der Waals surface area contributed by atoms with Crippen molar-refractivity contribution in [2.24, 2.45) is 5.73 Å². The van der Waals surface area contributed by atoms with E-state index in [1.54, 1.807) is 12.1 Å². The first-order valence-electron chi connectivity index (χ1n) is 4.75. The Morgan fingerprint density at radius 1 is 1.53 bits per heavy atom. The Labute approximate surface area is 93.1 Å². The van der Waals surface area contributed by atoms with Gasteiger partial charge in [-0.3, -0.25) is 0 Å². The highest BCUT2D eigenvalue weighted by Crippen LogP contribution is 2.25. The van der Waals surface area contributed by atoms with E-state index in [4.69, 9.17) is 18.0 Å². The van der Waals surface area contributed by atoms with Crippen LogP contribution < -0.4 is 5.73 Å². The molecule has 0 aliphatic carbocycles. The lowest BCUT2D eigenvalue weighted by molar-refractivity contribution is 0.476. The van der Waals surface area contributed by atoms with Crippen molar-refractivity contribution in [3.63, 3.8) is 0 Å². The average molecular weight is 220 g/mol. The third kappa shape index (κ3) is 1.57. The van der Waals surface area contributed by atoms with E-state index in [1.807, 2.05) is 23.8 Å². The highest BCUT2D eigenvalue weighted by Gasteiger charge is 2.09. The van der Waals surface area contributed by atoms with Crippen LogP contribution in [-0.2, 0) is 6.54 Å². The molecule has 0 aliphatic heterocycles. The van der Waals surface area contributed by atoms with Gasteiger partial charge in [0, 0.05) is 29.8 Å². The molecule has 1 aromatic heterocycles. The van der Waals surface area contributed by atoms with Crippen LogP contribution in [0.15, 0.2) is 24.4 Å². The number of benzene rings is 1. The van der Waals surface area contributed by atoms with Gasteiger partial charge in [-0.05, 0) is 19.1 Å². The topological polar surface area (TPSA) is 51.2 Å². The van der Waals surface area contributed by atoms with E-state index in [0.717, 1.165) is 23.0 Å². The molecule has 0 radical (unpaired) electrons. The van der Waals surface area contributed by atoms with Crippen LogP contribution in [-0.4, -0.2) is 14.7 Å². The smallest absolute Gasteiger partial charge is 0.117 e. The molecule has 0 spiro atoms. The maximum absolute atomic E-state index is 9.42. The van der Waals surface area contributed by atoms with Gasteiger partial charge in [-0.15, -0.1) is 0 Å². The van der Waals surface area contributed by atoms with Crippen LogP contribution in [0, 0.1) is 0 Å². The van der Waals surface area contributed by atoms with Gasteiger partial charge in [0.25, 0.3) is 0 Å². The maximum Gasteiger partial charge on any atom is 0.117 e. The van der Waals surface area contributed by atoms with Crippen LogP contribution in [0.25, 0.3) is 10.9 Å². The van der Waals surface area contributed by atoms with Crippen LogP contribution in [0.1, 0.15) is 12.5 Å². The number of thiocarbonyl (C=S) groups is 1. The van der Waals surface area contributed by atoms with Crippen molar-refractivity contribution >= 4 is 28.1 Å². The predicted molar refractivity (Wildman–Crippen MR) is 65.2 cm³/mol. The van der Waals surface area contributed by atoms with Crippen molar-refractivity contribution in [2.45, 2.75) is 13.5 Å². The average Bonchev–Trinajstić information content (AvgIpc) is 2.55. The molecule has 3 nitrogen and oxygen atoms in total. The molecule has 0 unspecified atom stereocenters. The second-order valence-electron chi connectivity index (χ2n) is 3.39. The van der Waals surface area contributed by atoms with Gasteiger partial charge in [0.05, 0.1) is 5.52 Å². The van der Waals surface area contributed by atoms with Crippen molar-refractivity contribution in [2.75, 3.05) is 0 Å². The molecule has 3 N–H and O–H groups in total. The molecule has 2 rings (SSSR count). The van der Waals surface area contributed by atoms with Crippen molar-refractivity contribution < 1.29 is 5.11 Å². The molecule has 0 amide bonds. The second-order valence-corrected chi connectivity index (χ2v) is 3.83. The van der Waals surface area contributed by atoms with E-state index < -0.39 is 0 Å². The zero-order chi connectivity index (χ0) is 11.0. The van der Waals surface area contributed by atoms with Gasteiger partial charge in [-0.2, -0.15) is 0 Å². The molecule has 2 aromatic rings. The maximum atomic E-state index is 9.42. The van der Waals surface area contributed by atoms with Crippen molar-refractivity contribution in [3.8, 4) is 5.75 Å². The lowest BCUT2D eigenvalue weighted by atomic mass is 10.2. The standard InChI is InChI=1S/C11H12N2OS/c1-2-13-6-9(11(12)15)8-4-3-7(14)5-10(8)13/h3-6,14H,2H2,1H3,(H2,12,15). The number of fused-ring (bicyclic) bond motifs is 1. The zero-order valence-corrected chi connectivity index (χ0v) is 9.21. The molecule has 4 heteroatoms. The van der Waals surface area contributed by atoms with Crippen LogP contribution in [0.2, 0.25) is 0 Å². The minimum Gasteiger partial charge on any atom is -0.508 e. The molecule has 0 saturated heterocycles. The first kappa shape index (κ1) is 9.98. The third-order valence-corrected chi connectivity index (χ3v) is 2.69. The lowest BCUT2D eigenvalue weighted by Gasteiger charge is -1.99. The molecule has 1 heterocycles. The summed E-state index contributed by atoms with van der Waals surface area (Å²) in [6.45, 7) is 2.86. The fraction of sp³-hybridized carbons (Fsp3) is 0.182. The Hall–Kier alpha value is -1.55. The molecule has 0 fully saturated rings. The predicted octanol–water partition coefficient (Wildman–Crippen LogP) is 2.00. The minimum atomic E-state index is 0.254. The zero-order valence-electron chi connectivity index (χ0n) is 8.40. The summed E-state index contributed by atoms with van der Waals surface area (Å²) in [7, 11) is 0. The Morgan fingerprint density at radius 2 is 2.27 bits per heavy atom. The Balaban J connectivity index is 2.81. The normalized spacial score (nSPS) is 10.7. The second kappa shape index (κ2) is 3.55. The number of phenolic OH excluding ortho intramolecular Hbond substituents is 1. The van der Waals surface area contributed by atoms with E-state index in [9.17, 15) is 5.11 Å². The molecule has 78 valence electrons. The van der Waals surface area contributed by atoms with Crippen molar-refractivity contribution in [1.29, 1.82) is 0 Å². The molecular formula is C11H12N2OS. The van der Waals surface area contributed by atoms with Gasteiger partial charge in [0.1, 0.15) is 10.7 Å². The fourth-order valence-corrected chi connectivity index (χ4v) is 1.90. The Morgan fingerprint density at radius 3 is 2.87 bits per heavy atom. The van der Waals surface area contributed by atoms with Gasteiger partial charge in [0.15, 0.2) is 0 Å². The number of nitrogens with two attached hydrogens (primary N) is 1. The Bertz CT molecular complexity index is 531. The van der Waals surface area contributed by atoms with Gasteiger partial charge in [-0.1, -0.05) is 12.2 Å². The molecule has 0 bridgehead atoms. The molecule has 1 aromatic carbocycles. The highest BCUT2D eigenvalue weighted by molar-refractivity contribution is 7.80. The molecule has 0 atom stereocenters. The molecule has 15 heavy (non-hydrogen) atoms. The third-order valence-electron chi connectivity index (χ3n) is 2.47. The van der Waals surface area contributed by atoms with Crippen LogP contribution >= 0.6 is 12.2 Å². The summed E-state index contributed by atoms with van der Waals surface area (Å²) < 4.78 is 2.02. The van der Waals surface area contributed by atoms with E-state index in [1.165, 1.54) is 0 Å². The van der Waals surface area contributed by atoms with Gasteiger partial charge in [-0.25, -0.2) is 0 Å². The first-order chi connectivity index (χ1) is 7.13. The number of phenols is 1. The van der Waals surface area contributed by atoms with E-state index in [2.05, 4.69) is 0 Å². The van der Waals surface area contributed by atoms with Crippen LogP contribution in [0.5, 0.6) is 5.75 Å². The highest BCUT2D eigenvalue weighted by atomic mass is 32.1. The number of aryl methyl sites for hydroxylation is 1. The summed E-state index contributed by atoms with van der Waals surface area (Å²) in [4.78, 5) is 0.387. The van der Waals surface area contributed by atoms with Gasteiger partial charge < -0.3 is 15.4 Å². The molecular weight excluding hydrogens is 208 g/mol. The summed E-state index contributed by atoms with van der Waals surface area (Å²) in [5.41, 5.74) is 7.46. The number of rotatable bonds is 2. The van der Waals surface area contributed by atoms with Gasteiger partial charge >= 0.3 is 0 Å².